The smallest absolute Gasteiger partial charge is 0.371 e. The zero-order valence-electron chi connectivity index (χ0n) is 10.6. The summed E-state index contributed by atoms with van der Waals surface area (Å²) in [6.45, 7) is 2.30. The molecule has 0 saturated heterocycles. The molecule has 1 aliphatic carbocycles. The Labute approximate surface area is 106 Å². The molecule has 100 valence electrons. The average Bonchev–Trinajstić information content (AvgIpc) is 2.94. The fourth-order valence-corrected chi connectivity index (χ4v) is 2.05. The monoisotopic (exact) mass is 253 g/mol. The number of hydrogen-bond acceptors (Lipinski definition) is 4. The summed E-state index contributed by atoms with van der Waals surface area (Å²) in [5.74, 6) is -0.373. The van der Waals surface area contributed by atoms with Crippen molar-refractivity contribution in [3.05, 3.63) is 23.7 Å². The molecule has 0 bridgehead atoms. The van der Waals surface area contributed by atoms with Gasteiger partial charge in [-0.05, 0) is 36.8 Å². The summed E-state index contributed by atoms with van der Waals surface area (Å²) in [5, 5.41) is 12.1. The van der Waals surface area contributed by atoms with E-state index in [4.69, 9.17) is 14.3 Å². The van der Waals surface area contributed by atoms with Crippen molar-refractivity contribution in [3.8, 4) is 0 Å². The van der Waals surface area contributed by atoms with Gasteiger partial charge in [0.05, 0.1) is 6.54 Å². The highest BCUT2D eigenvalue weighted by molar-refractivity contribution is 5.84. The number of carboxylic acids is 1. The molecule has 0 unspecified atom stereocenters. The molecule has 1 saturated carbocycles. The second-order valence-electron chi connectivity index (χ2n) is 4.92. The van der Waals surface area contributed by atoms with E-state index in [1.807, 2.05) is 0 Å². The Morgan fingerprint density at radius 1 is 1.56 bits per heavy atom. The van der Waals surface area contributed by atoms with Gasteiger partial charge in [0, 0.05) is 20.3 Å². The van der Waals surface area contributed by atoms with Crippen LogP contribution in [0.1, 0.15) is 35.6 Å². The van der Waals surface area contributed by atoms with Crippen molar-refractivity contribution >= 4 is 5.97 Å². The zero-order valence-corrected chi connectivity index (χ0v) is 10.6. The van der Waals surface area contributed by atoms with E-state index in [9.17, 15) is 4.79 Å². The third-order valence-electron chi connectivity index (χ3n) is 3.47. The number of carbonyl (C=O) groups is 1. The van der Waals surface area contributed by atoms with Gasteiger partial charge in [-0.1, -0.05) is 0 Å². The normalized spacial score (nSPS) is 16.7. The maximum absolute atomic E-state index is 10.6. The molecule has 0 aliphatic heterocycles. The van der Waals surface area contributed by atoms with Crippen molar-refractivity contribution in [2.75, 3.05) is 20.3 Å². The highest BCUT2D eigenvalue weighted by Crippen LogP contribution is 2.48. The maximum Gasteiger partial charge on any atom is 0.371 e. The molecule has 5 nitrogen and oxygen atoms in total. The number of aromatic carboxylic acids is 1. The maximum atomic E-state index is 10.6. The summed E-state index contributed by atoms with van der Waals surface area (Å²) in [4.78, 5) is 10.6. The van der Waals surface area contributed by atoms with Gasteiger partial charge in [-0.25, -0.2) is 4.79 Å². The van der Waals surface area contributed by atoms with Gasteiger partial charge in [-0.3, -0.25) is 0 Å². The van der Waals surface area contributed by atoms with E-state index >= 15 is 0 Å². The first-order valence-corrected chi connectivity index (χ1v) is 6.17. The van der Waals surface area contributed by atoms with Crippen molar-refractivity contribution in [2.24, 2.45) is 5.41 Å². The van der Waals surface area contributed by atoms with E-state index in [-0.39, 0.29) is 5.76 Å². The quantitative estimate of drug-likeness (QED) is 0.740. The SMILES string of the molecule is COCCC1(CNCc2ccc(C(=O)O)o2)CC1. The van der Waals surface area contributed by atoms with Crippen LogP contribution < -0.4 is 5.32 Å². The van der Waals surface area contributed by atoms with Gasteiger partial charge in [0.25, 0.3) is 0 Å². The van der Waals surface area contributed by atoms with Gasteiger partial charge < -0.3 is 19.6 Å². The molecule has 18 heavy (non-hydrogen) atoms. The summed E-state index contributed by atoms with van der Waals surface area (Å²) in [7, 11) is 1.72. The first kappa shape index (κ1) is 13.1. The molecule has 1 fully saturated rings. The largest absolute Gasteiger partial charge is 0.475 e. The molecular weight excluding hydrogens is 234 g/mol. The van der Waals surface area contributed by atoms with Crippen molar-refractivity contribution in [3.63, 3.8) is 0 Å². The minimum absolute atomic E-state index is 0.00711. The number of nitrogens with one attached hydrogen (secondary N) is 1. The Kier molecular flexibility index (Phi) is 4.04. The molecule has 1 aromatic heterocycles. The molecular formula is C13H19NO4. The lowest BCUT2D eigenvalue weighted by Gasteiger charge is -2.14. The van der Waals surface area contributed by atoms with Crippen molar-refractivity contribution in [1.82, 2.24) is 5.32 Å². The van der Waals surface area contributed by atoms with Crippen LogP contribution in [-0.4, -0.2) is 31.3 Å². The third-order valence-corrected chi connectivity index (χ3v) is 3.47. The predicted molar refractivity (Wildman–Crippen MR) is 65.5 cm³/mol. The second-order valence-corrected chi connectivity index (χ2v) is 4.92. The molecule has 2 rings (SSSR count). The van der Waals surface area contributed by atoms with Crippen LogP contribution in [0.3, 0.4) is 0 Å². The fourth-order valence-electron chi connectivity index (χ4n) is 2.05. The highest BCUT2D eigenvalue weighted by atomic mass is 16.5. The van der Waals surface area contributed by atoms with Crippen LogP contribution in [0.25, 0.3) is 0 Å². The first-order chi connectivity index (χ1) is 8.65. The molecule has 0 amide bonds. The number of furan rings is 1. The van der Waals surface area contributed by atoms with E-state index in [1.165, 1.54) is 18.9 Å². The van der Waals surface area contributed by atoms with E-state index in [2.05, 4.69) is 5.32 Å². The summed E-state index contributed by atoms with van der Waals surface area (Å²) in [6.07, 6.45) is 3.55. The Bertz CT molecular complexity index is 409. The van der Waals surface area contributed by atoms with Crippen LogP contribution in [0.2, 0.25) is 0 Å². The number of ether oxygens (including phenoxy) is 1. The van der Waals surface area contributed by atoms with Crippen LogP contribution in [0.4, 0.5) is 0 Å². The van der Waals surface area contributed by atoms with E-state index < -0.39 is 5.97 Å². The number of carboxylic acid groups (broad SMARTS) is 1. The molecule has 2 N–H and O–H groups in total. The molecule has 5 heteroatoms. The van der Waals surface area contributed by atoms with Gasteiger partial charge in [0.15, 0.2) is 0 Å². The Morgan fingerprint density at radius 3 is 2.89 bits per heavy atom. The van der Waals surface area contributed by atoms with Crippen LogP contribution in [0.15, 0.2) is 16.5 Å². The lowest BCUT2D eigenvalue weighted by molar-refractivity contribution is 0.0660. The summed E-state index contributed by atoms with van der Waals surface area (Å²) in [6, 6.07) is 3.18. The third kappa shape index (κ3) is 3.34. The molecule has 0 radical (unpaired) electrons. The summed E-state index contributed by atoms with van der Waals surface area (Å²) in [5.41, 5.74) is 0.387. The standard InChI is InChI=1S/C13H19NO4/c1-17-7-6-13(4-5-13)9-14-8-10-2-3-11(18-10)12(15)16/h2-3,14H,4-9H2,1H3,(H,15,16). The molecule has 0 aromatic carbocycles. The Morgan fingerprint density at radius 2 is 2.33 bits per heavy atom. The predicted octanol–water partition coefficient (Wildman–Crippen LogP) is 1.88. The van der Waals surface area contributed by atoms with Crippen molar-refractivity contribution in [2.45, 2.75) is 25.8 Å². The minimum atomic E-state index is -1.03. The molecule has 0 atom stereocenters. The van der Waals surface area contributed by atoms with Crippen molar-refractivity contribution in [1.29, 1.82) is 0 Å². The molecule has 1 aliphatic rings. The topological polar surface area (TPSA) is 71.7 Å². The van der Waals surface area contributed by atoms with Crippen LogP contribution in [0, 0.1) is 5.41 Å². The van der Waals surface area contributed by atoms with Crippen LogP contribution in [0.5, 0.6) is 0 Å². The lowest BCUT2D eigenvalue weighted by atomic mass is 10.0. The van der Waals surface area contributed by atoms with Crippen LogP contribution >= 0.6 is 0 Å². The second kappa shape index (κ2) is 5.54. The fraction of sp³-hybridized carbons (Fsp3) is 0.615. The van der Waals surface area contributed by atoms with Crippen molar-refractivity contribution < 1.29 is 19.1 Å². The molecule has 1 heterocycles. The summed E-state index contributed by atoms with van der Waals surface area (Å²) >= 11 is 0. The summed E-state index contributed by atoms with van der Waals surface area (Å²) < 4.78 is 10.3. The zero-order chi connectivity index (χ0) is 13.0. The minimum Gasteiger partial charge on any atom is -0.475 e. The van der Waals surface area contributed by atoms with Gasteiger partial charge in [0.2, 0.25) is 5.76 Å². The van der Waals surface area contributed by atoms with Gasteiger partial charge in [-0.2, -0.15) is 0 Å². The van der Waals surface area contributed by atoms with Gasteiger partial charge in [-0.15, -0.1) is 0 Å². The van der Waals surface area contributed by atoms with Gasteiger partial charge >= 0.3 is 5.97 Å². The number of methoxy groups -OCH3 is 1. The molecule has 1 aromatic rings. The number of hydrogen-bond donors (Lipinski definition) is 2. The lowest BCUT2D eigenvalue weighted by Crippen LogP contribution is -2.24. The van der Waals surface area contributed by atoms with Gasteiger partial charge in [0.1, 0.15) is 5.76 Å². The first-order valence-electron chi connectivity index (χ1n) is 6.17. The number of rotatable bonds is 8. The van der Waals surface area contributed by atoms with E-state index in [0.29, 0.717) is 17.7 Å². The Balaban J connectivity index is 1.73. The Hall–Kier alpha value is -1.33. The molecule has 0 spiro atoms. The highest BCUT2D eigenvalue weighted by Gasteiger charge is 2.41. The average molecular weight is 253 g/mol. The van der Waals surface area contributed by atoms with Crippen LogP contribution in [-0.2, 0) is 11.3 Å². The van der Waals surface area contributed by atoms with E-state index in [1.54, 1.807) is 13.2 Å². The van der Waals surface area contributed by atoms with E-state index in [0.717, 1.165) is 19.6 Å².